The molecule has 0 saturated carbocycles. The Hall–Kier alpha value is -3.35. The zero-order valence-corrected chi connectivity index (χ0v) is 19.8. The summed E-state index contributed by atoms with van der Waals surface area (Å²) in [5.74, 6) is 0.0420. The lowest BCUT2D eigenvalue weighted by Gasteiger charge is -2.26. The zero-order chi connectivity index (χ0) is 23.7. The second-order valence-electron chi connectivity index (χ2n) is 8.57. The number of urea groups is 1. The van der Waals surface area contributed by atoms with E-state index in [1.807, 2.05) is 66.4 Å². The van der Waals surface area contributed by atoms with Crippen LogP contribution in [0.2, 0.25) is 5.02 Å². The maximum atomic E-state index is 13.0. The second-order valence-corrected chi connectivity index (χ2v) is 8.98. The van der Waals surface area contributed by atoms with Gasteiger partial charge in [-0.05, 0) is 72.0 Å². The van der Waals surface area contributed by atoms with Crippen molar-refractivity contribution < 1.29 is 14.3 Å². The molecular formula is C27H26ClN3O3. The third-order valence-corrected chi connectivity index (χ3v) is 6.90. The Bertz CT molecular complexity index is 1240. The Kier molecular flexibility index (Phi) is 6.26. The van der Waals surface area contributed by atoms with Gasteiger partial charge in [-0.25, -0.2) is 4.79 Å². The number of rotatable bonds is 3. The van der Waals surface area contributed by atoms with E-state index >= 15 is 0 Å². The highest BCUT2D eigenvalue weighted by Crippen LogP contribution is 2.33. The predicted octanol–water partition coefficient (Wildman–Crippen LogP) is 5.38. The van der Waals surface area contributed by atoms with Gasteiger partial charge in [-0.3, -0.25) is 9.69 Å². The molecule has 2 heterocycles. The first-order valence-corrected chi connectivity index (χ1v) is 11.8. The third kappa shape index (κ3) is 4.39. The van der Waals surface area contributed by atoms with E-state index in [0.717, 1.165) is 34.4 Å². The van der Waals surface area contributed by atoms with Crippen LogP contribution in [0.25, 0.3) is 11.1 Å². The topological polar surface area (TPSA) is 61.9 Å². The first kappa shape index (κ1) is 22.4. The number of nitrogens with zero attached hydrogens (tertiary/aromatic N) is 2. The van der Waals surface area contributed by atoms with Crippen molar-refractivity contribution >= 4 is 34.9 Å². The molecule has 0 atom stereocenters. The van der Waals surface area contributed by atoms with Gasteiger partial charge >= 0.3 is 6.03 Å². The molecule has 3 aromatic carbocycles. The Balaban J connectivity index is 1.30. The van der Waals surface area contributed by atoms with Gasteiger partial charge in [0.1, 0.15) is 0 Å². The van der Waals surface area contributed by atoms with Crippen LogP contribution in [-0.4, -0.2) is 49.7 Å². The summed E-state index contributed by atoms with van der Waals surface area (Å²) < 4.78 is 5.33. The van der Waals surface area contributed by atoms with Crippen LogP contribution in [0.4, 0.5) is 16.2 Å². The maximum Gasteiger partial charge on any atom is 0.326 e. The van der Waals surface area contributed by atoms with Crippen LogP contribution in [0.3, 0.4) is 0 Å². The number of halogens is 1. The molecule has 5 rings (SSSR count). The van der Waals surface area contributed by atoms with Gasteiger partial charge in [0.05, 0.1) is 13.2 Å². The number of anilines is 2. The summed E-state index contributed by atoms with van der Waals surface area (Å²) in [7, 11) is 0. The van der Waals surface area contributed by atoms with E-state index in [9.17, 15) is 9.59 Å². The van der Waals surface area contributed by atoms with Crippen LogP contribution >= 0.6 is 11.6 Å². The fraction of sp³-hybridized carbons (Fsp3) is 0.259. The molecule has 1 N–H and O–H groups in total. The molecule has 34 heavy (non-hydrogen) atoms. The summed E-state index contributed by atoms with van der Waals surface area (Å²) in [5.41, 5.74) is 6.41. The van der Waals surface area contributed by atoms with Gasteiger partial charge < -0.3 is 15.0 Å². The normalized spacial score (nSPS) is 15.2. The number of amides is 3. The molecular weight excluding hydrogens is 450 g/mol. The van der Waals surface area contributed by atoms with E-state index in [1.54, 1.807) is 4.90 Å². The number of benzene rings is 3. The quantitative estimate of drug-likeness (QED) is 0.553. The first-order chi connectivity index (χ1) is 16.5. The molecule has 0 radical (unpaired) electrons. The van der Waals surface area contributed by atoms with E-state index in [4.69, 9.17) is 16.3 Å². The van der Waals surface area contributed by atoms with Gasteiger partial charge in [0.15, 0.2) is 0 Å². The largest absolute Gasteiger partial charge is 0.378 e. The summed E-state index contributed by atoms with van der Waals surface area (Å²) in [6.07, 6.45) is 0.790. The molecule has 0 bridgehead atoms. The maximum absolute atomic E-state index is 13.0. The number of carbonyl (C=O) groups is 2. The van der Waals surface area contributed by atoms with Crippen molar-refractivity contribution in [3.8, 4) is 11.1 Å². The molecule has 0 aliphatic carbocycles. The van der Waals surface area contributed by atoms with Crippen LogP contribution in [0.5, 0.6) is 0 Å². The van der Waals surface area contributed by atoms with Crippen molar-refractivity contribution in [1.82, 2.24) is 4.90 Å². The van der Waals surface area contributed by atoms with E-state index in [0.29, 0.717) is 49.1 Å². The summed E-state index contributed by atoms with van der Waals surface area (Å²) >= 11 is 6.19. The number of hydrogen-bond donors (Lipinski definition) is 1. The fourth-order valence-electron chi connectivity index (χ4n) is 4.47. The van der Waals surface area contributed by atoms with Gasteiger partial charge in [0.25, 0.3) is 5.91 Å². The van der Waals surface area contributed by atoms with Crippen molar-refractivity contribution in [2.75, 3.05) is 43.1 Å². The lowest BCUT2D eigenvalue weighted by molar-refractivity contribution is 0.0303. The van der Waals surface area contributed by atoms with E-state index in [1.165, 1.54) is 0 Å². The first-order valence-electron chi connectivity index (χ1n) is 11.5. The standard InChI is InChI=1S/C27H26ClN3O3/c1-18-23(28)3-2-4-24(18)29-27(33)31-12-11-22-17-21(9-10-25(22)31)19-5-7-20(8-6-19)26(32)30-13-15-34-16-14-30/h2-10,17H,11-16H2,1H3,(H,29,33). The predicted molar refractivity (Wildman–Crippen MR) is 135 cm³/mol. The van der Waals surface area contributed by atoms with E-state index in [-0.39, 0.29) is 11.9 Å². The minimum atomic E-state index is -0.164. The molecule has 3 aromatic rings. The molecule has 0 unspecified atom stereocenters. The van der Waals surface area contributed by atoms with Crippen molar-refractivity contribution in [2.45, 2.75) is 13.3 Å². The Morgan fingerprint density at radius 1 is 0.941 bits per heavy atom. The molecule has 174 valence electrons. The van der Waals surface area contributed by atoms with Crippen molar-refractivity contribution in [1.29, 1.82) is 0 Å². The number of hydrogen-bond acceptors (Lipinski definition) is 3. The molecule has 0 spiro atoms. The highest BCUT2D eigenvalue weighted by atomic mass is 35.5. The Morgan fingerprint density at radius 3 is 2.44 bits per heavy atom. The number of ether oxygens (including phenoxy) is 1. The number of fused-ring (bicyclic) bond motifs is 1. The van der Waals surface area contributed by atoms with Crippen LogP contribution in [0.15, 0.2) is 60.7 Å². The minimum absolute atomic E-state index is 0.0420. The van der Waals surface area contributed by atoms with Gasteiger partial charge in [-0.2, -0.15) is 0 Å². The minimum Gasteiger partial charge on any atom is -0.378 e. The zero-order valence-electron chi connectivity index (χ0n) is 19.0. The summed E-state index contributed by atoms with van der Waals surface area (Å²) in [4.78, 5) is 29.2. The molecule has 6 nitrogen and oxygen atoms in total. The molecule has 2 aliphatic heterocycles. The van der Waals surface area contributed by atoms with Gasteiger partial charge in [-0.1, -0.05) is 35.9 Å². The lowest BCUT2D eigenvalue weighted by Crippen LogP contribution is -2.40. The van der Waals surface area contributed by atoms with Gasteiger partial charge in [-0.15, -0.1) is 0 Å². The van der Waals surface area contributed by atoms with Crippen LogP contribution in [0.1, 0.15) is 21.5 Å². The highest BCUT2D eigenvalue weighted by Gasteiger charge is 2.25. The number of nitrogens with one attached hydrogen (secondary N) is 1. The van der Waals surface area contributed by atoms with Crippen molar-refractivity contribution in [3.05, 3.63) is 82.4 Å². The summed E-state index contributed by atoms with van der Waals surface area (Å²) in [5, 5.41) is 3.61. The average Bonchev–Trinajstić information content (AvgIpc) is 3.30. The van der Waals surface area contributed by atoms with Crippen LogP contribution in [0, 0.1) is 6.92 Å². The van der Waals surface area contributed by atoms with E-state index in [2.05, 4.69) is 11.4 Å². The van der Waals surface area contributed by atoms with Crippen molar-refractivity contribution in [2.24, 2.45) is 0 Å². The molecule has 7 heteroatoms. The van der Waals surface area contributed by atoms with Crippen LogP contribution in [-0.2, 0) is 11.2 Å². The molecule has 0 aromatic heterocycles. The van der Waals surface area contributed by atoms with E-state index < -0.39 is 0 Å². The van der Waals surface area contributed by atoms with Gasteiger partial charge in [0, 0.05) is 41.6 Å². The molecule has 1 saturated heterocycles. The fourth-order valence-corrected chi connectivity index (χ4v) is 4.65. The Labute approximate surface area is 204 Å². The number of morpholine rings is 1. The monoisotopic (exact) mass is 475 g/mol. The van der Waals surface area contributed by atoms with Crippen LogP contribution < -0.4 is 10.2 Å². The number of carbonyl (C=O) groups excluding carboxylic acids is 2. The second kappa shape index (κ2) is 9.49. The van der Waals surface area contributed by atoms with Gasteiger partial charge in [0.2, 0.25) is 0 Å². The molecule has 3 amide bonds. The molecule has 1 fully saturated rings. The smallest absolute Gasteiger partial charge is 0.326 e. The van der Waals surface area contributed by atoms with Crippen molar-refractivity contribution in [3.63, 3.8) is 0 Å². The SMILES string of the molecule is Cc1c(Cl)cccc1NC(=O)N1CCc2cc(-c3ccc(C(=O)N4CCOCC4)cc3)ccc21. The molecule has 2 aliphatic rings. The Morgan fingerprint density at radius 2 is 1.68 bits per heavy atom. The summed E-state index contributed by atoms with van der Waals surface area (Å²) in [6, 6.07) is 19.2. The third-order valence-electron chi connectivity index (χ3n) is 6.49. The summed E-state index contributed by atoms with van der Waals surface area (Å²) in [6.45, 7) is 4.96. The highest BCUT2D eigenvalue weighted by molar-refractivity contribution is 6.31. The average molecular weight is 476 g/mol. The lowest BCUT2D eigenvalue weighted by atomic mass is 10.0.